The summed E-state index contributed by atoms with van der Waals surface area (Å²) >= 11 is 0. The van der Waals surface area contributed by atoms with Crippen molar-refractivity contribution < 1.29 is 28.4 Å². The molecule has 0 aliphatic rings. The zero-order valence-corrected chi connectivity index (χ0v) is 32.8. The molecule has 290 valence electrons. The summed E-state index contributed by atoms with van der Waals surface area (Å²) in [6, 6.07) is -0.884. The molecule has 0 fully saturated rings. The first kappa shape index (κ1) is 48.2. The number of unbranched alkanes of at least 4 members (excludes halogenated alkanes) is 16. The normalized spacial score (nSPS) is 14.9. The number of carbonyl (C=O) groups is 1. The van der Waals surface area contributed by atoms with E-state index in [1.807, 2.05) is 6.08 Å². The number of aliphatic hydroxyl groups excluding tert-OH is 1. The average Bonchev–Trinajstić information content (AvgIpc) is 3.10. The quantitative estimate of drug-likeness (QED) is 0.0288. The molecule has 0 aliphatic heterocycles. The highest BCUT2D eigenvalue weighted by molar-refractivity contribution is 7.47. The second-order valence-electron chi connectivity index (χ2n) is 13.1. The number of carbonyl (C=O) groups excluding carboxylic acids is 1. The first-order valence-corrected chi connectivity index (χ1v) is 21.4. The summed E-state index contributed by atoms with van der Waals surface area (Å²) in [6.07, 6.45) is 45.6. The van der Waals surface area contributed by atoms with E-state index in [1.165, 1.54) is 77.0 Å². The number of allylic oxidation sites excluding steroid dienone is 9. The minimum Gasteiger partial charge on any atom is -0.387 e. The topological polar surface area (TPSA) is 131 Å². The van der Waals surface area contributed by atoms with Crippen molar-refractivity contribution in [1.29, 1.82) is 0 Å². The average molecular weight is 723 g/mol. The van der Waals surface area contributed by atoms with Crippen molar-refractivity contribution in [1.82, 2.24) is 5.32 Å². The van der Waals surface area contributed by atoms with E-state index in [4.69, 9.17) is 14.8 Å². The molecule has 8 nitrogen and oxygen atoms in total. The minimum absolute atomic E-state index is 0.0688. The highest BCUT2D eigenvalue weighted by atomic mass is 31.2. The summed E-state index contributed by atoms with van der Waals surface area (Å²) in [5.74, 6) is -0.222. The van der Waals surface area contributed by atoms with Crippen LogP contribution in [0, 0.1) is 0 Å². The van der Waals surface area contributed by atoms with Gasteiger partial charge in [-0.15, -0.1) is 0 Å². The van der Waals surface area contributed by atoms with Crippen molar-refractivity contribution in [3.63, 3.8) is 0 Å². The van der Waals surface area contributed by atoms with Crippen molar-refractivity contribution in [2.24, 2.45) is 5.73 Å². The molecule has 0 saturated carbocycles. The number of nitrogens with two attached hydrogens (primary N) is 1. The fourth-order valence-electron chi connectivity index (χ4n) is 5.27. The molecule has 0 aromatic carbocycles. The molecule has 0 saturated heterocycles. The molecule has 5 N–H and O–H groups in total. The molecule has 3 unspecified atom stereocenters. The van der Waals surface area contributed by atoms with Gasteiger partial charge in [-0.05, 0) is 70.6 Å². The van der Waals surface area contributed by atoms with E-state index in [0.29, 0.717) is 6.42 Å². The maximum absolute atomic E-state index is 12.7. The fourth-order valence-corrected chi connectivity index (χ4v) is 6.03. The van der Waals surface area contributed by atoms with Crippen molar-refractivity contribution in [3.8, 4) is 0 Å². The number of hydrogen-bond acceptors (Lipinski definition) is 6. The zero-order valence-electron chi connectivity index (χ0n) is 31.9. The molecule has 0 aliphatic carbocycles. The Morgan fingerprint density at radius 2 is 1.12 bits per heavy atom. The summed E-state index contributed by atoms with van der Waals surface area (Å²) in [5.41, 5.74) is 5.35. The van der Waals surface area contributed by atoms with Crippen LogP contribution in [0.15, 0.2) is 60.8 Å². The van der Waals surface area contributed by atoms with Gasteiger partial charge in [-0.3, -0.25) is 13.8 Å². The second kappa shape index (κ2) is 37.0. The van der Waals surface area contributed by atoms with E-state index in [1.54, 1.807) is 6.08 Å². The SMILES string of the molecule is CCCCCC/C=C/CC/C=C/C(O)C(COP(=O)(O)OCCN)NC(=O)CCCCCCCC/C=C\C/C=C\C/C=C\CCCCCCC. The number of phosphoric ester groups is 1. The fraction of sp³-hybridized carbons (Fsp3) is 0.732. The van der Waals surface area contributed by atoms with Gasteiger partial charge in [0.1, 0.15) is 0 Å². The number of phosphoric acid groups is 1. The van der Waals surface area contributed by atoms with E-state index in [9.17, 15) is 19.4 Å². The van der Waals surface area contributed by atoms with E-state index in [-0.39, 0.29) is 25.7 Å². The maximum Gasteiger partial charge on any atom is 0.472 e. The van der Waals surface area contributed by atoms with Gasteiger partial charge in [-0.1, -0.05) is 145 Å². The van der Waals surface area contributed by atoms with Crippen molar-refractivity contribution in [3.05, 3.63) is 60.8 Å². The largest absolute Gasteiger partial charge is 0.472 e. The van der Waals surface area contributed by atoms with Gasteiger partial charge in [-0.2, -0.15) is 0 Å². The van der Waals surface area contributed by atoms with E-state index >= 15 is 0 Å². The number of rotatable bonds is 36. The lowest BCUT2D eigenvalue weighted by Crippen LogP contribution is -2.45. The zero-order chi connectivity index (χ0) is 36.8. The van der Waals surface area contributed by atoms with Crippen LogP contribution in [0.2, 0.25) is 0 Å². The molecule has 50 heavy (non-hydrogen) atoms. The summed E-state index contributed by atoms with van der Waals surface area (Å²) in [6.45, 7) is 4.03. The number of amides is 1. The van der Waals surface area contributed by atoms with Crippen LogP contribution in [0.1, 0.15) is 162 Å². The van der Waals surface area contributed by atoms with Crippen LogP contribution in [0.25, 0.3) is 0 Å². The lowest BCUT2D eigenvalue weighted by atomic mass is 10.1. The van der Waals surface area contributed by atoms with Gasteiger partial charge in [0.2, 0.25) is 5.91 Å². The first-order valence-electron chi connectivity index (χ1n) is 19.9. The van der Waals surface area contributed by atoms with Gasteiger partial charge in [0.15, 0.2) is 0 Å². The Labute approximate surface area is 306 Å². The number of aliphatic hydroxyl groups is 1. The maximum atomic E-state index is 12.7. The van der Waals surface area contributed by atoms with Crippen LogP contribution in [0.3, 0.4) is 0 Å². The third-order valence-electron chi connectivity index (χ3n) is 8.32. The van der Waals surface area contributed by atoms with Gasteiger partial charge in [0, 0.05) is 13.0 Å². The molecule has 0 aromatic heterocycles. The van der Waals surface area contributed by atoms with Crippen molar-refractivity contribution >= 4 is 13.7 Å². The van der Waals surface area contributed by atoms with Gasteiger partial charge in [0.05, 0.1) is 25.4 Å². The molecule has 0 radical (unpaired) electrons. The predicted molar refractivity (Wildman–Crippen MR) is 212 cm³/mol. The Morgan fingerprint density at radius 1 is 0.660 bits per heavy atom. The predicted octanol–water partition coefficient (Wildman–Crippen LogP) is 10.7. The molecular formula is C41H75N2O6P. The summed E-state index contributed by atoms with van der Waals surface area (Å²) in [4.78, 5) is 22.6. The molecule has 0 bridgehead atoms. The van der Waals surface area contributed by atoms with Crippen LogP contribution >= 0.6 is 7.82 Å². The van der Waals surface area contributed by atoms with Gasteiger partial charge < -0.3 is 21.1 Å². The second-order valence-corrected chi connectivity index (χ2v) is 14.6. The Kier molecular flexibility index (Phi) is 35.6. The Bertz CT molecular complexity index is 965. The van der Waals surface area contributed by atoms with Crippen molar-refractivity contribution in [2.45, 2.75) is 174 Å². The third-order valence-corrected chi connectivity index (χ3v) is 9.30. The summed E-state index contributed by atoms with van der Waals surface area (Å²) < 4.78 is 22.0. The van der Waals surface area contributed by atoms with Crippen LogP contribution in [-0.2, 0) is 18.4 Å². The van der Waals surface area contributed by atoms with Crippen LogP contribution in [-0.4, -0.2) is 47.8 Å². The van der Waals surface area contributed by atoms with E-state index < -0.39 is 20.0 Å². The van der Waals surface area contributed by atoms with Crippen LogP contribution in [0.5, 0.6) is 0 Å². The number of hydrogen-bond donors (Lipinski definition) is 4. The third kappa shape index (κ3) is 34.6. The van der Waals surface area contributed by atoms with Gasteiger partial charge >= 0.3 is 7.82 Å². The highest BCUT2D eigenvalue weighted by Gasteiger charge is 2.26. The van der Waals surface area contributed by atoms with E-state index in [0.717, 1.165) is 64.2 Å². The Balaban J connectivity index is 4.26. The van der Waals surface area contributed by atoms with Crippen LogP contribution in [0.4, 0.5) is 0 Å². The monoisotopic (exact) mass is 723 g/mol. The molecular weight excluding hydrogens is 647 g/mol. The molecule has 0 spiro atoms. The molecule has 3 atom stereocenters. The summed E-state index contributed by atoms with van der Waals surface area (Å²) in [7, 11) is -4.35. The minimum atomic E-state index is -4.35. The van der Waals surface area contributed by atoms with E-state index in [2.05, 4.69) is 67.8 Å². The van der Waals surface area contributed by atoms with Gasteiger partial charge in [-0.25, -0.2) is 4.57 Å². The Hall–Kier alpha value is -1.80. The highest BCUT2D eigenvalue weighted by Crippen LogP contribution is 2.43. The molecule has 0 aromatic rings. The van der Waals surface area contributed by atoms with Crippen LogP contribution < -0.4 is 11.1 Å². The van der Waals surface area contributed by atoms with Crippen molar-refractivity contribution in [2.75, 3.05) is 19.8 Å². The lowest BCUT2D eigenvalue weighted by Gasteiger charge is -2.23. The molecule has 9 heteroatoms. The lowest BCUT2D eigenvalue weighted by molar-refractivity contribution is -0.123. The first-order chi connectivity index (χ1) is 24.4. The Morgan fingerprint density at radius 3 is 1.70 bits per heavy atom. The standard InChI is InChI=1S/C41H75N2O6P/c1-3-5-7-9-11-13-15-16-17-18-19-20-21-22-23-24-25-27-29-31-33-35-41(45)43-39(38-49-50(46,47)48-37-36-42)40(44)34-32-30-28-26-14-12-10-8-6-4-2/h14-16,18-19,21-22,26,32,34,39-40,44H,3-13,17,20,23-25,27-31,33,35-38,42H2,1-2H3,(H,43,45)(H,46,47)/b16-15-,19-18-,22-21-,26-14+,34-32+. The summed E-state index contributed by atoms with van der Waals surface area (Å²) in [5, 5.41) is 13.5. The number of nitrogens with one attached hydrogen (secondary N) is 1. The van der Waals surface area contributed by atoms with Gasteiger partial charge in [0.25, 0.3) is 0 Å². The smallest absolute Gasteiger partial charge is 0.387 e. The molecule has 0 rings (SSSR count). The molecule has 0 heterocycles. The molecule has 1 amide bonds.